The highest BCUT2D eigenvalue weighted by atomic mass is 28.4. The second-order valence-electron chi connectivity index (χ2n) is 2.87. The monoisotopic (exact) mass is 192 g/mol. The van der Waals surface area contributed by atoms with Gasteiger partial charge < -0.3 is 20.3 Å². The average Bonchev–Trinajstić information content (AvgIpc) is 2.11. The molecule has 0 spiro atoms. The van der Waals surface area contributed by atoms with Gasteiger partial charge in [-0.1, -0.05) is 0 Å². The van der Waals surface area contributed by atoms with Gasteiger partial charge >= 0.3 is 8.56 Å². The molecule has 1 atom stereocenters. The van der Waals surface area contributed by atoms with Crippen LogP contribution in [0.1, 0.15) is 6.42 Å². The largest absolute Gasteiger partial charge is 0.398 e. The van der Waals surface area contributed by atoms with Gasteiger partial charge in [-0.3, -0.25) is 0 Å². The molecule has 12 heavy (non-hydrogen) atoms. The molecule has 0 rings (SSSR count). The number of rotatable bonds is 7. The quantitative estimate of drug-likeness (QED) is 0.558. The minimum absolute atomic E-state index is 0.550. The molecule has 4 nitrogen and oxygen atoms in total. The summed E-state index contributed by atoms with van der Waals surface area (Å²) in [5.41, 5.74) is 10.7. The summed E-state index contributed by atoms with van der Waals surface area (Å²) in [5, 5.41) is 0. The van der Waals surface area contributed by atoms with Crippen LogP contribution in [0.25, 0.3) is 0 Å². The molecule has 0 aliphatic rings. The minimum atomic E-state index is -1.93. The Morgan fingerprint density at radius 3 is 2.33 bits per heavy atom. The van der Waals surface area contributed by atoms with Crippen molar-refractivity contribution in [1.29, 1.82) is 0 Å². The zero-order chi connectivity index (χ0) is 9.45. The van der Waals surface area contributed by atoms with Gasteiger partial charge in [0.25, 0.3) is 0 Å². The fraction of sp³-hybridized carbons (Fsp3) is 1.00. The standard InChI is InChI=1S/C7H20N2O2Si/c1-10-12(2,7-3-4-8)11-6-5-9/h3-9H2,1-2H3. The number of nitrogens with two attached hydrogens (primary N) is 2. The third kappa shape index (κ3) is 4.84. The normalized spacial score (nSPS) is 16.0. The molecule has 0 bridgehead atoms. The van der Waals surface area contributed by atoms with E-state index in [0.29, 0.717) is 19.7 Å². The Bertz CT molecular complexity index is 106. The van der Waals surface area contributed by atoms with Gasteiger partial charge in [0, 0.05) is 20.3 Å². The first kappa shape index (κ1) is 12.1. The van der Waals surface area contributed by atoms with Crippen molar-refractivity contribution in [3.8, 4) is 0 Å². The maximum Gasteiger partial charge on any atom is 0.334 e. The van der Waals surface area contributed by atoms with Gasteiger partial charge in [-0.25, -0.2) is 0 Å². The van der Waals surface area contributed by atoms with Gasteiger partial charge in [-0.2, -0.15) is 0 Å². The van der Waals surface area contributed by atoms with Crippen LogP contribution in [-0.4, -0.2) is 35.4 Å². The third-order valence-corrected chi connectivity index (χ3v) is 4.73. The first-order valence-electron chi connectivity index (χ1n) is 4.28. The molecule has 0 amide bonds. The van der Waals surface area contributed by atoms with Crippen LogP contribution in [-0.2, 0) is 8.85 Å². The van der Waals surface area contributed by atoms with E-state index in [0.717, 1.165) is 12.5 Å². The molecule has 0 saturated carbocycles. The highest BCUT2D eigenvalue weighted by Crippen LogP contribution is 2.13. The molecule has 74 valence electrons. The zero-order valence-corrected chi connectivity index (χ0v) is 9.01. The molecule has 0 radical (unpaired) electrons. The Balaban J connectivity index is 3.70. The molecular weight excluding hydrogens is 172 g/mol. The highest BCUT2D eigenvalue weighted by Gasteiger charge is 2.28. The lowest BCUT2D eigenvalue weighted by molar-refractivity contribution is 0.209. The van der Waals surface area contributed by atoms with E-state index >= 15 is 0 Å². The fourth-order valence-corrected chi connectivity index (χ4v) is 2.79. The predicted octanol–water partition coefficient (Wildman–Crippen LogP) is 0.0289. The van der Waals surface area contributed by atoms with E-state index in [1.807, 2.05) is 6.55 Å². The zero-order valence-electron chi connectivity index (χ0n) is 8.01. The molecule has 1 unspecified atom stereocenters. The highest BCUT2D eigenvalue weighted by molar-refractivity contribution is 6.65. The van der Waals surface area contributed by atoms with Crippen LogP contribution < -0.4 is 11.5 Å². The van der Waals surface area contributed by atoms with Crippen LogP contribution in [0.2, 0.25) is 12.6 Å². The van der Waals surface area contributed by atoms with E-state index < -0.39 is 8.56 Å². The van der Waals surface area contributed by atoms with Gasteiger partial charge in [-0.15, -0.1) is 0 Å². The molecule has 0 heterocycles. The van der Waals surface area contributed by atoms with Crippen molar-refractivity contribution >= 4 is 8.56 Å². The summed E-state index contributed by atoms with van der Waals surface area (Å²) >= 11 is 0. The maximum atomic E-state index is 5.57. The van der Waals surface area contributed by atoms with Crippen LogP contribution in [0.4, 0.5) is 0 Å². The Morgan fingerprint density at radius 1 is 1.25 bits per heavy atom. The molecule has 0 aromatic heterocycles. The molecule has 0 aromatic carbocycles. The van der Waals surface area contributed by atoms with Crippen molar-refractivity contribution in [2.45, 2.75) is 19.0 Å². The molecule has 0 saturated heterocycles. The summed E-state index contributed by atoms with van der Waals surface area (Å²) in [6.07, 6.45) is 0.959. The Kier molecular flexibility index (Phi) is 6.59. The van der Waals surface area contributed by atoms with Crippen molar-refractivity contribution < 1.29 is 8.85 Å². The average molecular weight is 192 g/mol. The van der Waals surface area contributed by atoms with Crippen LogP contribution >= 0.6 is 0 Å². The molecule has 0 aromatic rings. The summed E-state index contributed by atoms with van der Waals surface area (Å²) in [4.78, 5) is 0. The molecule has 4 N–H and O–H groups in total. The van der Waals surface area contributed by atoms with E-state index in [1.165, 1.54) is 0 Å². The van der Waals surface area contributed by atoms with Gasteiger partial charge in [0.1, 0.15) is 0 Å². The lowest BCUT2D eigenvalue weighted by Gasteiger charge is -2.24. The van der Waals surface area contributed by atoms with Gasteiger partial charge in [0.05, 0.1) is 0 Å². The van der Waals surface area contributed by atoms with Gasteiger partial charge in [0.2, 0.25) is 0 Å². The van der Waals surface area contributed by atoms with E-state index in [4.69, 9.17) is 20.3 Å². The molecule has 0 fully saturated rings. The predicted molar refractivity (Wildman–Crippen MR) is 52.1 cm³/mol. The van der Waals surface area contributed by atoms with Crippen LogP contribution in [0.15, 0.2) is 0 Å². The molecular formula is C7H20N2O2Si. The van der Waals surface area contributed by atoms with Crippen LogP contribution in [0, 0.1) is 0 Å². The van der Waals surface area contributed by atoms with Crippen molar-refractivity contribution in [2.24, 2.45) is 11.5 Å². The van der Waals surface area contributed by atoms with Crippen molar-refractivity contribution in [1.82, 2.24) is 0 Å². The second-order valence-corrected chi connectivity index (χ2v) is 6.33. The van der Waals surface area contributed by atoms with Gasteiger partial charge in [-0.05, 0) is 25.6 Å². The van der Waals surface area contributed by atoms with Crippen LogP contribution in [0.3, 0.4) is 0 Å². The number of hydrogen-bond donors (Lipinski definition) is 2. The Labute approximate surface area is 75.5 Å². The Morgan fingerprint density at radius 2 is 1.92 bits per heavy atom. The van der Waals surface area contributed by atoms with Crippen molar-refractivity contribution in [2.75, 3.05) is 26.8 Å². The van der Waals surface area contributed by atoms with Crippen LogP contribution in [0.5, 0.6) is 0 Å². The van der Waals surface area contributed by atoms with E-state index in [-0.39, 0.29) is 0 Å². The van der Waals surface area contributed by atoms with Gasteiger partial charge in [0.15, 0.2) is 0 Å². The lowest BCUT2D eigenvalue weighted by atomic mass is 10.5. The topological polar surface area (TPSA) is 70.5 Å². The van der Waals surface area contributed by atoms with Crippen molar-refractivity contribution in [3.63, 3.8) is 0 Å². The minimum Gasteiger partial charge on any atom is -0.398 e. The summed E-state index contributed by atoms with van der Waals surface area (Å²) in [6, 6.07) is 0.944. The van der Waals surface area contributed by atoms with Crippen molar-refractivity contribution in [3.05, 3.63) is 0 Å². The first-order chi connectivity index (χ1) is 5.68. The summed E-state index contributed by atoms with van der Waals surface area (Å²) in [7, 11) is -0.232. The number of hydrogen-bond acceptors (Lipinski definition) is 4. The molecule has 0 aliphatic heterocycles. The molecule has 0 aliphatic carbocycles. The summed E-state index contributed by atoms with van der Waals surface area (Å²) in [5.74, 6) is 0. The SMILES string of the molecule is CO[Si](C)(CCCN)OCCN. The first-order valence-corrected chi connectivity index (χ1v) is 6.80. The third-order valence-electron chi connectivity index (χ3n) is 1.79. The summed E-state index contributed by atoms with van der Waals surface area (Å²) in [6.45, 7) is 3.87. The van der Waals surface area contributed by atoms with E-state index in [9.17, 15) is 0 Å². The summed E-state index contributed by atoms with van der Waals surface area (Å²) < 4.78 is 10.9. The maximum absolute atomic E-state index is 5.57. The Hall–Kier alpha value is 0.0569. The van der Waals surface area contributed by atoms with E-state index in [2.05, 4.69) is 0 Å². The second kappa shape index (κ2) is 6.56. The molecule has 5 heteroatoms. The van der Waals surface area contributed by atoms with E-state index in [1.54, 1.807) is 7.11 Å². The smallest absolute Gasteiger partial charge is 0.334 e. The lowest BCUT2D eigenvalue weighted by Crippen LogP contribution is -2.39. The fourth-order valence-electron chi connectivity index (χ4n) is 0.931.